The van der Waals surface area contributed by atoms with E-state index in [9.17, 15) is 60.8 Å². The Kier molecular flexibility index (Phi) is 12.5. The molecule has 0 aliphatic carbocycles. The maximum absolute atomic E-state index is 15.1. The van der Waals surface area contributed by atoms with E-state index in [1.54, 1.807) is 0 Å². The molecule has 0 aliphatic heterocycles. The summed E-state index contributed by atoms with van der Waals surface area (Å²) in [7, 11) is 0.947. The first-order valence-corrected chi connectivity index (χ1v) is 16.7. The lowest BCUT2D eigenvalue weighted by Gasteiger charge is -2.38. The first kappa shape index (κ1) is 47.5. The number of aromatic carboxylic acids is 1. The molecule has 4 rings (SSSR count). The number of methoxy groups -OCH3 is 1. The standard InChI is InChI=1S/C39H28F12O10/c1-18(53)24-15-21(7-9-23(24)31(54)55)35(38(46,47)48,39(49,50)51)22-8-12-28(60-17-52)25(16-22)32(56)61-30-11-6-20(14-27(30)34(3,58)37(43,44)45)19-5-10-29(59-4)26(13-19)33(2,57)36(40,41)42/h5-17,57-58H,1-4H3,(H,54,55). The van der Waals surface area contributed by atoms with Gasteiger partial charge in [0.05, 0.1) is 12.7 Å². The van der Waals surface area contributed by atoms with E-state index in [1.807, 2.05) is 0 Å². The van der Waals surface area contributed by atoms with Gasteiger partial charge in [0, 0.05) is 16.7 Å². The van der Waals surface area contributed by atoms with Crippen molar-refractivity contribution >= 4 is 24.2 Å². The molecule has 10 nitrogen and oxygen atoms in total. The maximum Gasteiger partial charge on any atom is 0.421 e. The summed E-state index contributed by atoms with van der Waals surface area (Å²) in [5, 5.41) is 30.5. The van der Waals surface area contributed by atoms with Gasteiger partial charge >= 0.3 is 36.6 Å². The van der Waals surface area contributed by atoms with Gasteiger partial charge in [-0.1, -0.05) is 24.3 Å². The third-order valence-corrected chi connectivity index (χ3v) is 9.59. The van der Waals surface area contributed by atoms with Crippen LogP contribution in [0.1, 0.15) is 74.1 Å². The van der Waals surface area contributed by atoms with Crippen LogP contribution in [0.4, 0.5) is 52.7 Å². The number of aliphatic hydroxyl groups is 2. The van der Waals surface area contributed by atoms with Gasteiger partial charge in [0.2, 0.25) is 5.41 Å². The Labute approximate surface area is 334 Å². The lowest BCUT2D eigenvalue weighted by Crippen LogP contribution is -2.55. The number of esters is 1. The Balaban J connectivity index is 2.00. The minimum absolute atomic E-state index is 0.0174. The van der Waals surface area contributed by atoms with E-state index in [1.165, 1.54) is 0 Å². The molecule has 0 aromatic heterocycles. The van der Waals surface area contributed by atoms with E-state index >= 15 is 26.3 Å². The maximum atomic E-state index is 15.1. The monoisotopic (exact) mass is 884 g/mol. The van der Waals surface area contributed by atoms with Gasteiger partial charge in [-0.25, -0.2) is 9.59 Å². The zero-order valence-electron chi connectivity index (χ0n) is 31.2. The number of ether oxygens (including phenoxy) is 3. The van der Waals surface area contributed by atoms with Crippen molar-refractivity contribution in [1.29, 1.82) is 0 Å². The molecule has 328 valence electrons. The molecule has 0 amide bonds. The van der Waals surface area contributed by atoms with Crippen molar-refractivity contribution < 1.29 is 101 Å². The Hall–Kier alpha value is -6.16. The molecule has 3 N–H and O–H groups in total. The molecule has 22 heteroatoms. The lowest BCUT2D eigenvalue weighted by molar-refractivity contribution is -0.288. The second-order valence-corrected chi connectivity index (χ2v) is 13.4. The molecular weight excluding hydrogens is 856 g/mol. The van der Waals surface area contributed by atoms with Crippen LogP contribution < -0.4 is 14.2 Å². The van der Waals surface area contributed by atoms with E-state index in [0.717, 1.165) is 25.3 Å². The lowest BCUT2D eigenvalue weighted by atomic mass is 9.71. The summed E-state index contributed by atoms with van der Waals surface area (Å²) >= 11 is 0. The normalized spacial score (nSPS) is 14.7. The summed E-state index contributed by atoms with van der Waals surface area (Å²) in [5.74, 6) is -8.18. The largest absolute Gasteiger partial charge is 0.496 e. The number of hydrogen-bond donors (Lipinski definition) is 3. The SMILES string of the molecule is COc1ccc(-c2ccc(OC(=O)c3cc(C(c4ccc(C(=O)O)c(C(C)=O)c4)(C(F)(F)F)C(F)(F)F)ccc3OC=O)c(C(C)(O)C(F)(F)F)c2)cc1C(C)(O)C(F)(F)F. The van der Waals surface area contributed by atoms with E-state index < -0.39 is 127 Å². The summed E-state index contributed by atoms with van der Waals surface area (Å²) in [6.45, 7) is 0.688. The predicted octanol–water partition coefficient (Wildman–Crippen LogP) is 8.97. The Morgan fingerprint density at radius 2 is 1.00 bits per heavy atom. The fourth-order valence-electron chi connectivity index (χ4n) is 6.22. The molecule has 61 heavy (non-hydrogen) atoms. The molecule has 0 heterocycles. The quantitative estimate of drug-likeness (QED) is 0.0413. The number of carboxylic acid groups (broad SMARTS) is 1. The molecule has 0 saturated carbocycles. The van der Waals surface area contributed by atoms with Crippen LogP contribution in [0.15, 0.2) is 72.8 Å². The molecule has 2 unspecified atom stereocenters. The van der Waals surface area contributed by atoms with Crippen molar-refractivity contribution in [2.24, 2.45) is 0 Å². The van der Waals surface area contributed by atoms with Crippen LogP contribution in [0.2, 0.25) is 0 Å². The van der Waals surface area contributed by atoms with E-state index in [4.69, 9.17) is 9.47 Å². The van der Waals surface area contributed by atoms with Crippen LogP contribution in [0.5, 0.6) is 17.2 Å². The van der Waals surface area contributed by atoms with Gasteiger partial charge in [0.1, 0.15) is 22.8 Å². The summed E-state index contributed by atoms with van der Waals surface area (Å²) in [4.78, 5) is 48.9. The zero-order valence-corrected chi connectivity index (χ0v) is 31.2. The number of carboxylic acids is 1. The summed E-state index contributed by atoms with van der Waals surface area (Å²) < 4.78 is 189. The number of rotatable bonds is 12. The highest BCUT2D eigenvalue weighted by Gasteiger charge is 2.73. The average molecular weight is 885 g/mol. The average Bonchev–Trinajstić information content (AvgIpc) is 3.13. The number of benzene rings is 4. The van der Waals surface area contributed by atoms with Gasteiger partial charge < -0.3 is 29.5 Å². The number of halogens is 12. The van der Waals surface area contributed by atoms with Crippen molar-refractivity contribution in [3.63, 3.8) is 0 Å². The van der Waals surface area contributed by atoms with E-state index in [0.29, 0.717) is 38.1 Å². The molecule has 0 saturated heterocycles. The molecular formula is C39H28F12O10. The summed E-state index contributed by atoms with van der Waals surface area (Å²) in [6.07, 6.45) is -23.9. The number of carbonyl (C=O) groups is 4. The first-order chi connectivity index (χ1) is 27.8. The molecule has 0 spiro atoms. The van der Waals surface area contributed by atoms with Crippen LogP contribution >= 0.6 is 0 Å². The number of alkyl halides is 12. The molecule has 4 aromatic rings. The Morgan fingerprint density at radius 1 is 0.574 bits per heavy atom. The van der Waals surface area contributed by atoms with E-state index in [-0.39, 0.29) is 42.8 Å². The van der Waals surface area contributed by atoms with Crippen LogP contribution in [-0.2, 0) is 21.4 Å². The van der Waals surface area contributed by atoms with E-state index in [2.05, 4.69) is 4.74 Å². The predicted molar refractivity (Wildman–Crippen MR) is 184 cm³/mol. The van der Waals surface area contributed by atoms with Crippen molar-refractivity contribution in [3.8, 4) is 28.4 Å². The second kappa shape index (κ2) is 16.0. The minimum atomic E-state index is -6.44. The highest BCUT2D eigenvalue weighted by Crippen LogP contribution is 2.57. The van der Waals surface area contributed by atoms with Crippen LogP contribution in [0.3, 0.4) is 0 Å². The number of carbonyl (C=O) groups excluding carboxylic acids is 3. The molecule has 2 atom stereocenters. The van der Waals surface area contributed by atoms with Gasteiger partial charge in [0.25, 0.3) is 6.47 Å². The third kappa shape index (κ3) is 8.45. The summed E-state index contributed by atoms with van der Waals surface area (Å²) in [5.41, 5.74) is -23.2. The zero-order chi connectivity index (χ0) is 46.5. The van der Waals surface area contributed by atoms with Crippen LogP contribution in [0.25, 0.3) is 11.1 Å². The van der Waals surface area contributed by atoms with Gasteiger partial charge in [-0.2, -0.15) is 52.7 Å². The van der Waals surface area contributed by atoms with Gasteiger partial charge in [0.15, 0.2) is 17.0 Å². The van der Waals surface area contributed by atoms with Crippen LogP contribution in [-0.4, -0.2) is 71.3 Å². The first-order valence-electron chi connectivity index (χ1n) is 16.7. The molecule has 0 aliphatic rings. The fraction of sp³-hybridized carbons (Fsp3) is 0.282. The summed E-state index contributed by atoms with van der Waals surface area (Å²) in [6, 6.07) is 5.07. The number of hydrogen-bond acceptors (Lipinski definition) is 9. The highest BCUT2D eigenvalue weighted by molar-refractivity contribution is 6.05. The number of ketones is 1. The van der Waals surface area contributed by atoms with Crippen molar-refractivity contribution in [3.05, 3.63) is 112 Å². The third-order valence-electron chi connectivity index (χ3n) is 9.59. The molecule has 4 aromatic carbocycles. The van der Waals surface area contributed by atoms with Crippen molar-refractivity contribution in [2.75, 3.05) is 7.11 Å². The van der Waals surface area contributed by atoms with Crippen molar-refractivity contribution in [1.82, 2.24) is 0 Å². The highest BCUT2D eigenvalue weighted by atomic mass is 19.4. The van der Waals surface area contributed by atoms with Gasteiger partial charge in [-0.05, 0) is 91.6 Å². The number of Topliss-reactive ketones (excluding diaryl/α,β-unsaturated/α-hetero) is 1. The van der Waals surface area contributed by atoms with Gasteiger partial charge in [-0.15, -0.1) is 0 Å². The second-order valence-electron chi connectivity index (χ2n) is 13.4. The smallest absolute Gasteiger partial charge is 0.421 e. The Morgan fingerprint density at radius 3 is 1.41 bits per heavy atom. The fourth-order valence-corrected chi connectivity index (χ4v) is 6.22. The van der Waals surface area contributed by atoms with Crippen LogP contribution in [0, 0.1) is 0 Å². The minimum Gasteiger partial charge on any atom is -0.496 e. The molecule has 0 bridgehead atoms. The molecule has 0 fully saturated rings. The van der Waals surface area contributed by atoms with Crippen molar-refractivity contribution in [2.45, 2.75) is 62.1 Å². The van der Waals surface area contributed by atoms with Gasteiger partial charge in [-0.3, -0.25) is 9.59 Å². The Bertz CT molecular complexity index is 2360. The topological polar surface area (TPSA) is 157 Å². The molecule has 0 radical (unpaired) electrons.